The molecule has 1 aromatic heterocycles. The van der Waals surface area contributed by atoms with Gasteiger partial charge in [0, 0.05) is 31.3 Å². The highest BCUT2D eigenvalue weighted by atomic mass is 32.2. The first kappa shape index (κ1) is 17.1. The van der Waals surface area contributed by atoms with Crippen molar-refractivity contribution in [1.29, 1.82) is 0 Å². The summed E-state index contributed by atoms with van der Waals surface area (Å²) in [4.78, 5) is 4.33. The Morgan fingerprint density at radius 3 is 2.77 bits per heavy atom. The molecule has 0 unspecified atom stereocenters. The molecule has 0 amide bonds. The van der Waals surface area contributed by atoms with Crippen LogP contribution in [0.1, 0.15) is 12.8 Å². The van der Waals surface area contributed by atoms with Gasteiger partial charge in [-0.25, -0.2) is 13.4 Å². The van der Waals surface area contributed by atoms with Gasteiger partial charge in [0.2, 0.25) is 15.9 Å². The molecule has 2 aliphatic heterocycles. The summed E-state index contributed by atoms with van der Waals surface area (Å²) in [6, 6.07) is 10.2. The number of rotatable bonds is 4. The van der Waals surface area contributed by atoms with Gasteiger partial charge < -0.3 is 14.2 Å². The minimum absolute atomic E-state index is 0.208. The zero-order valence-electron chi connectivity index (χ0n) is 14.2. The third-order valence-corrected chi connectivity index (χ3v) is 6.25. The largest absolute Gasteiger partial charge is 0.490 e. The monoisotopic (exact) mass is 376 g/mol. The Balaban J connectivity index is 1.49. The van der Waals surface area contributed by atoms with Crippen LogP contribution in [0.4, 0.5) is 0 Å². The SMILES string of the molecule is O=S(=O)(c1ccc2c(c1)OCCCO2)N1CC[C@@H](Oc2ccccn2)C1. The van der Waals surface area contributed by atoms with E-state index in [2.05, 4.69) is 4.98 Å². The highest BCUT2D eigenvalue weighted by molar-refractivity contribution is 7.89. The Hall–Kier alpha value is -2.32. The second kappa shape index (κ2) is 7.13. The van der Waals surface area contributed by atoms with E-state index >= 15 is 0 Å². The molecule has 2 aliphatic rings. The summed E-state index contributed by atoms with van der Waals surface area (Å²) >= 11 is 0. The lowest BCUT2D eigenvalue weighted by atomic mass is 10.3. The van der Waals surface area contributed by atoms with E-state index in [0.29, 0.717) is 50.1 Å². The topological polar surface area (TPSA) is 78.0 Å². The molecule has 0 bridgehead atoms. The molecule has 0 radical (unpaired) electrons. The number of sulfonamides is 1. The summed E-state index contributed by atoms with van der Waals surface area (Å²) in [5.74, 6) is 1.57. The van der Waals surface area contributed by atoms with Crippen LogP contribution in [0.25, 0.3) is 0 Å². The highest BCUT2D eigenvalue weighted by Crippen LogP contribution is 2.33. The normalized spacial score (nSPS) is 20.5. The lowest BCUT2D eigenvalue weighted by Crippen LogP contribution is -2.31. The van der Waals surface area contributed by atoms with E-state index in [0.717, 1.165) is 6.42 Å². The fraction of sp³-hybridized carbons (Fsp3) is 0.389. The number of fused-ring (bicyclic) bond motifs is 1. The predicted molar refractivity (Wildman–Crippen MR) is 94.1 cm³/mol. The van der Waals surface area contributed by atoms with Crippen LogP contribution in [0.5, 0.6) is 17.4 Å². The molecule has 26 heavy (non-hydrogen) atoms. The Bertz CT molecular complexity index is 872. The van der Waals surface area contributed by atoms with Crippen molar-refractivity contribution in [2.45, 2.75) is 23.8 Å². The van der Waals surface area contributed by atoms with Crippen LogP contribution in [-0.4, -0.2) is 50.1 Å². The number of nitrogens with zero attached hydrogens (tertiary/aromatic N) is 2. The molecule has 1 aromatic carbocycles. The Kier molecular flexibility index (Phi) is 4.69. The second-order valence-corrected chi connectivity index (χ2v) is 8.16. The summed E-state index contributed by atoms with van der Waals surface area (Å²) in [5.41, 5.74) is 0. The van der Waals surface area contributed by atoms with E-state index in [4.69, 9.17) is 14.2 Å². The van der Waals surface area contributed by atoms with Crippen LogP contribution in [0, 0.1) is 0 Å². The summed E-state index contributed by atoms with van der Waals surface area (Å²) < 4.78 is 44.3. The molecule has 0 N–H and O–H groups in total. The lowest BCUT2D eigenvalue weighted by molar-refractivity contribution is 0.207. The van der Waals surface area contributed by atoms with Crippen LogP contribution < -0.4 is 14.2 Å². The van der Waals surface area contributed by atoms with E-state index in [1.54, 1.807) is 30.5 Å². The molecule has 2 aromatic rings. The maximum absolute atomic E-state index is 13.0. The van der Waals surface area contributed by atoms with Gasteiger partial charge in [-0.2, -0.15) is 4.31 Å². The van der Waals surface area contributed by atoms with Gasteiger partial charge in [0.15, 0.2) is 11.5 Å². The molecule has 3 heterocycles. The Morgan fingerprint density at radius 2 is 1.96 bits per heavy atom. The van der Waals surface area contributed by atoms with Crippen molar-refractivity contribution in [2.24, 2.45) is 0 Å². The zero-order chi connectivity index (χ0) is 18.0. The van der Waals surface area contributed by atoms with Crippen molar-refractivity contribution >= 4 is 10.0 Å². The quantitative estimate of drug-likeness (QED) is 0.813. The molecule has 1 saturated heterocycles. The molecule has 8 heteroatoms. The molecular weight excluding hydrogens is 356 g/mol. The van der Waals surface area contributed by atoms with E-state index in [1.807, 2.05) is 12.1 Å². The Morgan fingerprint density at radius 1 is 1.12 bits per heavy atom. The van der Waals surface area contributed by atoms with Crippen molar-refractivity contribution in [3.8, 4) is 17.4 Å². The maximum Gasteiger partial charge on any atom is 0.243 e. The molecule has 138 valence electrons. The zero-order valence-corrected chi connectivity index (χ0v) is 15.0. The summed E-state index contributed by atoms with van der Waals surface area (Å²) in [7, 11) is -3.61. The number of hydrogen-bond donors (Lipinski definition) is 0. The molecule has 1 atom stereocenters. The predicted octanol–water partition coefficient (Wildman–Crippen LogP) is 2.08. The van der Waals surface area contributed by atoms with Crippen LogP contribution in [-0.2, 0) is 10.0 Å². The van der Waals surface area contributed by atoms with Crippen molar-refractivity contribution in [3.63, 3.8) is 0 Å². The second-order valence-electron chi connectivity index (χ2n) is 6.22. The summed E-state index contributed by atoms with van der Waals surface area (Å²) in [6.45, 7) is 1.79. The average molecular weight is 376 g/mol. The van der Waals surface area contributed by atoms with Gasteiger partial charge in [0.25, 0.3) is 0 Å². The van der Waals surface area contributed by atoms with E-state index in [-0.39, 0.29) is 11.0 Å². The van der Waals surface area contributed by atoms with E-state index in [9.17, 15) is 8.42 Å². The van der Waals surface area contributed by atoms with Crippen LogP contribution in [0.3, 0.4) is 0 Å². The minimum atomic E-state index is -3.61. The number of pyridine rings is 1. The van der Waals surface area contributed by atoms with Crippen LogP contribution >= 0.6 is 0 Å². The van der Waals surface area contributed by atoms with Crippen LogP contribution in [0.2, 0.25) is 0 Å². The summed E-state index contributed by atoms with van der Waals surface area (Å²) in [5, 5.41) is 0. The third kappa shape index (κ3) is 3.47. The van der Waals surface area contributed by atoms with Gasteiger partial charge in [0.05, 0.1) is 24.7 Å². The first-order chi connectivity index (χ1) is 12.6. The van der Waals surface area contributed by atoms with Gasteiger partial charge >= 0.3 is 0 Å². The van der Waals surface area contributed by atoms with Crippen molar-refractivity contribution in [1.82, 2.24) is 9.29 Å². The number of ether oxygens (including phenoxy) is 3. The van der Waals surface area contributed by atoms with Crippen molar-refractivity contribution < 1.29 is 22.6 Å². The van der Waals surface area contributed by atoms with E-state index < -0.39 is 10.0 Å². The molecule has 7 nitrogen and oxygen atoms in total. The molecule has 4 rings (SSSR count). The fourth-order valence-corrected chi connectivity index (χ4v) is 4.56. The van der Waals surface area contributed by atoms with Crippen LogP contribution in [0.15, 0.2) is 47.5 Å². The molecule has 1 fully saturated rings. The average Bonchev–Trinajstić information content (AvgIpc) is 2.99. The van der Waals surface area contributed by atoms with Gasteiger partial charge in [-0.05, 0) is 24.6 Å². The molecule has 0 spiro atoms. The highest BCUT2D eigenvalue weighted by Gasteiger charge is 2.34. The van der Waals surface area contributed by atoms with Gasteiger partial charge in [-0.1, -0.05) is 6.07 Å². The van der Waals surface area contributed by atoms with Gasteiger partial charge in [-0.15, -0.1) is 0 Å². The first-order valence-corrected chi connectivity index (χ1v) is 10.0. The van der Waals surface area contributed by atoms with Gasteiger partial charge in [0.1, 0.15) is 6.10 Å². The molecule has 0 aliphatic carbocycles. The maximum atomic E-state index is 13.0. The number of hydrogen-bond acceptors (Lipinski definition) is 6. The standard InChI is InChI=1S/C18H20N2O5S/c21-26(22,15-5-6-16-17(12-15)24-11-3-10-23-16)20-9-7-14(13-20)25-18-4-1-2-8-19-18/h1-2,4-6,8,12,14H,3,7,9-11,13H2/t14-/m1/s1. The minimum Gasteiger partial charge on any atom is -0.490 e. The molecular formula is C18H20N2O5S. The Labute approximate surface area is 152 Å². The number of aromatic nitrogens is 1. The first-order valence-electron chi connectivity index (χ1n) is 8.60. The van der Waals surface area contributed by atoms with Crippen molar-refractivity contribution in [3.05, 3.63) is 42.6 Å². The lowest BCUT2D eigenvalue weighted by Gasteiger charge is -2.18. The third-order valence-electron chi connectivity index (χ3n) is 4.39. The van der Waals surface area contributed by atoms with Gasteiger partial charge in [-0.3, -0.25) is 0 Å². The van der Waals surface area contributed by atoms with Crippen molar-refractivity contribution in [2.75, 3.05) is 26.3 Å². The fourth-order valence-electron chi connectivity index (χ4n) is 3.05. The summed E-state index contributed by atoms with van der Waals surface area (Å²) in [6.07, 6.45) is 2.84. The smallest absolute Gasteiger partial charge is 0.243 e. The molecule has 0 saturated carbocycles. The van der Waals surface area contributed by atoms with E-state index in [1.165, 1.54) is 4.31 Å². The number of benzene rings is 1.